The van der Waals surface area contributed by atoms with Crippen LogP contribution in [0, 0.1) is 11.7 Å². The zero-order valence-electron chi connectivity index (χ0n) is 18.8. The second-order valence-electron chi connectivity index (χ2n) is 9.07. The highest BCUT2D eigenvalue weighted by Gasteiger charge is 2.46. The molecule has 0 aromatic heterocycles. The first-order valence-electron chi connectivity index (χ1n) is 11.7. The Hall–Kier alpha value is -3.35. The van der Waals surface area contributed by atoms with E-state index in [1.54, 1.807) is 0 Å². The van der Waals surface area contributed by atoms with Gasteiger partial charge in [0.05, 0.1) is 18.2 Å². The van der Waals surface area contributed by atoms with Crippen LogP contribution in [0.2, 0.25) is 0 Å². The van der Waals surface area contributed by atoms with Crippen molar-refractivity contribution in [2.75, 3.05) is 18.0 Å². The summed E-state index contributed by atoms with van der Waals surface area (Å²) in [6.45, 7) is 1.21. The molecular weight excluding hydrogens is 431 g/mol. The standard InChI is InChI=1S/C28H27FN2O3/c29-23-11-13-24(14-12-23)31-26(32)19-25(27(31)33)30-17-15-22(16-18-30)28(34,20-7-3-1-4-8-20)21-9-5-2-6-10-21/h1-14,22,25,34H,15-19H2. The van der Waals surface area contributed by atoms with Crippen LogP contribution in [0.25, 0.3) is 0 Å². The molecule has 2 heterocycles. The van der Waals surface area contributed by atoms with Crippen LogP contribution < -0.4 is 4.90 Å². The molecule has 1 unspecified atom stereocenters. The minimum Gasteiger partial charge on any atom is -0.380 e. The Morgan fingerprint density at radius 2 is 1.32 bits per heavy atom. The minimum atomic E-state index is -1.13. The second kappa shape index (κ2) is 9.12. The Morgan fingerprint density at radius 3 is 1.85 bits per heavy atom. The van der Waals surface area contributed by atoms with Gasteiger partial charge in [-0.2, -0.15) is 0 Å². The van der Waals surface area contributed by atoms with Crippen molar-refractivity contribution in [2.24, 2.45) is 5.92 Å². The number of carbonyl (C=O) groups is 2. The quantitative estimate of drug-likeness (QED) is 0.585. The predicted molar refractivity (Wildman–Crippen MR) is 127 cm³/mol. The number of aliphatic hydroxyl groups is 1. The highest BCUT2D eigenvalue weighted by atomic mass is 19.1. The van der Waals surface area contributed by atoms with Crippen molar-refractivity contribution >= 4 is 17.5 Å². The lowest BCUT2D eigenvalue weighted by Crippen LogP contribution is -2.49. The maximum absolute atomic E-state index is 13.3. The number of halogens is 1. The first kappa shape index (κ1) is 22.4. The molecule has 2 saturated heterocycles. The molecular formula is C28H27FN2O3. The van der Waals surface area contributed by atoms with E-state index in [1.165, 1.54) is 29.2 Å². The monoisotopic (exact) mass is 458 g/mol. The van der Waals surface area contributed by atoms with Crippen LogP contribution in [0.3, 0.4) is 0 Å². The van der Waals surface area contributed by atoms with E-state index in [-0.39, 0.29) is 24.2 Å². The second-order valence-corrected chi connectivity index (χ2v) is 9.07. The fourth-order valence-electron chi connectivity index (χ4n) is 5.41. The topological polar surface area (TPSA) is 60.9 Å². The Balaban J connectivity index is 1.34. The summed E-state index contributed by atoms with van der Waals surface area (Å²) < 4.78 is 13.3. The average molecular weight is 459 g/mol. The van der Waals surface area contributed by atoms with Crippen molar-refractivity contribution in [2.45, 2.75) is 30.9 Å². The molecule has 34 heavy (non-hydrogen) atoms. The number of carbonyl (C=O) groups excluding carboxylic acids is 2. The molecule has 0 spiro atoms. The summed E-state index contributed by atoms with van der Waals surface area (Å²) in [7, 11) is 0. The van der Waals surface area contributed by atoms with Gasteiger partial charge in [-0.05, 0) is 67.2 Å². The predicted octanol–water partition coefficient (Wildman–Crippen LogP) is 4.11. The van der Waals surface area contributed by atoms with E-state index in [0.29, 0.717) is 31.6 Å². The largest absolute Gasteiger partial charge is 0.380 e. The lowest BCUT2D eigenvalue weighted by atomic mass is 9.72. The van der Waals surface area contributed by atoms with Crippen molar-refractivity contribution in [3.8, 4) is 0 Å². The number of amides is 2. The van der Waals surface area contributed by atoms with Crippen molar-refractivity contribution in [1.29, 1.82) is 0 Å². The molecule has 0 radical (unpaired) electrons. The number of rotatable bonds is 5. The molecule has 3 aromatic carbocycles. The van der Waals surface area contributed by atoms with Crippen molar-refractivity contribution in [3.05, 3.63) is 102 Å². The Kier molecular flexibility index (Phi) is 6.02. The van der Waals surface area contributed by atoms with Gasteiger partial charge in [0.15, 0.2) is 0 Å². The molecule has 2 aliphatic rings. The number of nitrogens with zero attached hydrogens (tertiary/aromatic N) is 2. The molecule has 174 valence electrons. The summed E-state index contributed by atoms with van der Waals surface area (Å²) in [5, 5.41) is 12.1. The molecule has 0 aliphatic carbocycles. The normalized spacial score (nSPS) is 20.2. The minimum absolute atomic E-state index is 0.0334. The Bertz CT molecular complexity index is 1120. The van der Waals surface area contributed by atoms with Crippen molar-refractivity contribution < 1.29 is 19.1 Å². The van der Waals surface area contributed by atoms with Crippen LogP contribution in [0.1, 0.15) is 30.4 Å². The van der Waals surface area contributed by atoms with E-state index in [2.05, 4.69) is 4.90 Å². The highest BCUT2D eigenvalue weighted by molar-refractivity contribution is 6.22. The van der Waals surface area contributed by atoms with Gasteiger partial charge in [0, 0.05) is 0 Å². The van der Waals surface area contributed by atoms with Crippen LogP contribution in [0.4, 0.5) is 10.1 Å². The summed E-state index contributed by atoms with van der Waals surface area (Å²) in [6, 6.07) is 24.3. The number of hydrogen-bond acceptors (Lipinski definition) is 4. The van der Waals surface area contributed by atoms with Crippen LogP contribution in [0.5, 0.6) is 0 Å². The number of anilines is 1. The molecule has 5 rings (SSSR count). The van der Waals surface area contributed by atoms with Crippen LogP contribution >= 0.6 is 0 Å². The Labute approximate surface area is 198 Å². The third-order valence-electron chi connectivity index (χ3n) is 7.20. The maximum atomic E-state index is 13.3. The molecule has 3 aromatic rings. The summed E-state index contributed by atoms with van der Waals surface area (Å²) in [5.41, 5.74) is 0.976. The number of imide groups is 1. The van der Waals surface area contributed by atoms with Crippen molar-refractivity contribution in [3.63, 3.8) is 0 Å². The van der Waals surface area contributed by atoms with Gasteiger partial charge in [0.2, 0.25) is 5.91 Å². The van der Waals surface area contributed by atoms with E-state index < -0.39 is 17.5 Å². The molecule has 1 atom stereocenters. The molecule has 2 aliphatic heterocycles. The van der Waals surface area contributed by atoms with Crippen LogP contribution in [0.15, 0.2) is 84.9 Å². The molecule has 0 bridgehead atoms. The molecule has 0 saturated carbocycles. The van der Waals surface area contributed by atoms with E-state index >= 15 is 0 Å². The van der Waals surface area contributed by atoms with E-state index in [1.807, 2.05) is 60.7 Å². The van der Waals surface area contributed by atoms with E-state index in [4.69, 9.17) is 0 Å². The van der Waals surface area contributed by atoms with Gasteiger partial charge in [-0.1, -0.05) is 60.7 Å². The Morgan fingerprint density at radius 1 is 0.794 bits per heavy atom. The van der Waals surface area contributed by atoms with Gasteiger partial charge in [-0.25, -0.2) is 9.29 Å². The maximum Gasteiger partial charge on any atom is 0.251 e. The fourth-order valence-corrected chi connectivity index (χ4v) is 5.41. The summed E-state index contributed by atoms with van der Waals surface area (Å²) in [4.78, 5) is 29.0. The lowest BCUT2D eigenvalue weighted by molar-refractivity contribution is -0.123. The van der Waals surface area contributed by atoms with Crippen LogP contribution in [-0.4, -0.2) is 41.0 Å². The summed E-state index contributed by atoms with van der Waals surface area (Å²) in [5.74, 6) is -0.981. The molecule has 2 fully saturated rings. The summed E-state index contributed by atoms with van der Waals surface area (Å²) >= 11 is 0. The number of likely N-dealkylation sites (tertiary alicyclic amines) is 1. The average Bonchev–Trinajstić information content (AvgIpc) is 3.19. The highest BCUT2D eigenvalue weighted by Crippen LogP contribution is 2.42. The van der Waals surface area contributed by atoms with E-state index in [9.17, 15) is 19.1 Å². The van der Waals surface area contributed by atoms with E-state index in [0.717, 1.165) is 11.1 Å². The third kappa shape index (κ3) is 3.93. The molecule has 1 N–H and O–H groups in total. The lowest BCUT2D eigenvalue weighted by Gasteiger charge is -2.43. The van der Waals surface area contributed by atoms with Crippen LogP contribution in [-0.2, 0) is 15.2 Å². The first-order valence-corrected chi connectivity index (χ1v) is 11.7. The first-order chi connectivity index (χ1) is 16.5. The molecule has 2 amide bonds. The third-order valence-corrected chi connectivity index (χ3v) is 7.20. The smallest absolute Gasteiger partial charge is 0.251 e. The molecule has 5 nitrogen and oxygen atoms in total. The summed E-state index contributed by atoms with van der Waals surface area (Å²) in [6.07, 6.45) is 1.49. The fraction of sp³-hybridized carbons (Fsp3) is 0.286. The van der Waals surface area contributed by atoms with Gasteiger partial charge in [0.25, 0.3) is 5.91 Å². The number of piperidine rings is 1. The molecule has 6 heteroatoms. The number of benzene rings is 3. The van der Waals surface area contributed by atoms with Crippen molar-refractivity contribution in [1.82, 2.24) is 4.90 Å². The van der Waals surface area contributed by atoms with Gasteiger partial charge in [-0.15, -0.1) is 0 Å². The van der Waals surface area contributed by atoms with Gasteiger partial charge in [0.1, 0.15) is 11.4 Å². The zero-order valence-corrected chi connectivity index (χ0v) is 18.8. The number of hydrogen-bond donors (Lipinski definition) is 1. The van der Waals surface area contributed by atoms with Gasteiger partial charge in [-0.3, -0.25) is 14.5 Å². The zero-order chi connectivity index (χ0) is 23.7. The van der Waals surface area contributed by atoms with Gasteiger partial charge >= 0.3 is 0 Å². The van der Waals surface area contributed by atoms with Gasteiger partial charge < -0.3 is 5.11 Å². The SMILES string of the molecule is O=C1CC(N2CCC(C(O)(c3ccccc3)c3ccccc3)CC2)C(=O)N1c1ccc(F)cc1.